The number of halogens is 3. The summed E-state index contributed by atoms with van der Waals surface area (Å²) in [5.74, 6) is -2.45. The van der Waals surface area contributed by atoms with Crippen molar-refractivity contribution in [1.29, 1.82) is 0 Å². The lowest BCUT2D eigenvalue weighted by Gasteiger charge is -2.31. The summed E-state index contributed by atoms with van der Waals surface area (Å²) in [5, 5.41) is 10.2. The van der Waals surface area contributed by atoms with Gasteiger partial charge in [0.25, 0.3) is 0 Å². The molecule has 0 amide bonds. The molecule has 1 saturated carbocycles. The lowest BCUT2D eigenvalue weighted by molar-refractivity contribution is 0.0668. The first kappa shape index (κ1) is 14.4. The summed E-state index contributed by atoms with van der Waals surface area (Å²) < 4.78 is 40.1. The molecule has 1 fully saturated rings. The van der Waals surface area contributed by atoms with Gasteiger partial charge in [-0.25, -0.2) is 13.2 Å². The van der Waals surface area contributed by atoms with E-state index >= 15 is 0 Å². The quantitative estimate of drug-likeness (QED) is 0.867. The molecule has 1 unspecified atom stereocenters. The van der Waals surface area contributed by atoms with Crippen molar-refractivity contribution in [3.63, 3.8) is 0 Å². The summed E-state index contributed by atoms with van der Waals surface area (Å²) in [6.07, 6.45) is 3.39. The van der Waals surface area contributed by atoms with Gasteiger partial charge in [0.15, 0.2) is 0 Å². The van der Waals surface area contributed by atoms with Gasteiger partial charge in [-0.15, -0.1) is 0 Å². The lowest BCUT2D eigenvalue weighted by Crippen LogP contribution is -2.22. The first-order valence-electron chi connectivity index (χ1n) is 6.85. The third-order valence-electron chi connectivity index (χ3n) is 4.25. The molecule has 19 heavy (non-hydrogen) atoms. The Morgan fingerprint density at radius 1 is 1.11 bits per heavy atom. The molecule has 1 nitrogen and oxygen atoms in total. The van der Waals surface area contributed by atoms with E-state index in [2.05, 4.69) is 6.92 Å². The van der Waals surface area contributed by atoms with Gasteiger partial charge in [0.05, 0.1) is 11.7 Å². The number of benzene rings is 1. The molecule has 0 bridgehead atoms. The van der Waals surface area contributed by atoms with E-state index in [1.807, 2.05) is 0 Å². The zero-order valence-electron chi connectivity index (χ0n) is 11.0. The van der Waals surface area contributed by atoms with Gasteiger partial charge < -0.3 is 5.11 Å². The molecule has 4 heteroatoms. The third kappa shape index (κ3) is 3.11. The summed E-state index contributed by atoms with van der Waals surface area (Å²) in [4.78, 5) is 0. The standard InChI is InChI=1S/C15H19F3O/c1-2-9-3-5-10(6-4-9)15(19)14-12(17)7-11(16)8-13(14)18/h7-10,15,19H,2-6H2,1H3. The van der Waals surface area contributed by atoms with Gasteiger partial charge in [-0.05, 0) is 24.7 Å². The van der Waals surface area contributed by atoms with E-state index < -0.39 is 23.6 Å². The molecular formula is C15H19F3O. The normalized spacial score (nSPS) is 25.3. The van der Waals surface area contributed by atoms with E-state index in [1.54, 1.807) is 0 Å². The van der Waals surface area contributed by atoms with Crippen molar-refractivity contribution in [2.24, 2.45) is 11.8 Å². The molecule has 106 valence electrons. The molecule has 0 saturated heterocycles. The van der Waals surface area contributed by atoms with Gasteiger partial charge in [0, 0.05) is 12.1 Å². The van der Waals surface area contributed by atoms with Crippen LogP contribution in [0.1, 0.15) is 50.7 Å². The van der Waals surface area contributed by atoms with Gasteiger partial charge in [0.1, 0.15) is 17.5 Å². The summed E-state index contributed by atoms with van der Waals surface area (Å²) in [5.41, 5.74) is -0.388. The van der Waals surface area contributed by atoms with Crippen LogP contribution in [0.5, 0.6) is 0 Å². The second-order valence-corrected chi connectivity index (χ2v) is 5.42. The Hall–Kier alpha value is -1.03. The largest absolute Gasteiger partial charge is 0.388 e. The van der Waals surface area contributed by atoms with Gasteiger partial charge in [0.2, 0.25) is 0 Å². The summed E-state index contributed by atoms with van der Waals surface area (Å²) >= 11 is 0. The Morgan fingerprint density at radius 3 is 2.11 bits per heavy atom. The van der Waals surface area contributed by atoms with Crippen LogP contribution in [0.4, 0.5) is 13.2 Å². The van der Waals surface area contributed by atoms with E-state index in [0.717, 1.165) is 32.1 Å². The lowest BCUT2D eigenvalue weighted by atomic mass is 9.77. The van der Waals surface area contributed by atoms with Crippen LogP contribution in [0.25, 0.3) is 0 Å². The summed E-state index contributed by atoms with van der Waals surface area (Å²) in [6, 6.07) is 1.25. The molecular weight excluding hydrogens is 253 g/mol. The Balaban J connectivity index is 2.14. The van der Waals surface area contributed by atoms with E-state index in [-0.39, 0.29) is 11.5 Å². The average Bonchev–Trinajstić information content (AvgIpc) is 2.37. The van der Waals surface area contributed by atoms with Crippen LogP contribution in [-0.4, -0.2) is 5.11 Å². The van der Waals surface area contributed by atoms with Crippen LogP contribution < -0.4 is 0 Å². The molecule has 2 rings (SSSR count). The molecule has 1 aliphatic carbocycles. The molecule has 0 spiro atoms. The molecule has 1 N–H and O–H groups in total. The summed E-state index contributed by atoms with van der Waals surface area (Å²) in [7, 11) is 0. The minimum absolute atomic E-state index is 0.141. The monoisotopic (exact) mass is 272 g/mol. The van der Waals surface area contributed by atoms with Gasteiger partial charge in [-0.3, -0.25) is 0 Å². The molecule has 1 aliphatic rings. The highest BCUT2D eigenvalue weighted by molar-refractivity contribution is 5.23. The van der Waals surface area contributed by atoms with E-state index in [9.17, 15) is 18.3 Å². The second-order valence-electron chi connectivity index (χ2n) is 5.42. The smallest absolute Gasteiger partial charge is 0.134 e. The highest BCUT2D eigenvalue weighted by Gasteiger charge is 2.30. The van der Waals surface area contributed by atoms with Crippen molar-refractivity contribution < 1.29 is 18.3 Å². The molecule has 1 aromatic rings. The van der Waals surface area contributed by atoms with Crippen molar-refractivity contribution in [3.8, 4) is 0 Å². The van der Waals surface area contributed by atoms with E-state index in [1.165, 1.54) is 0 Å². The minimum atomic E-state index is -1.18. The third-order valence-corrected chi connectivity index (χ3v) is 4.25. The van der Waals surface area contributed by atoms with Gasteiger partial charge >= 0.3 is 0 Å². The second kappa shape index (κ2) is 5.95. The molecule has 1 aromatic carbocycles. The molecule has 0 aromatic heterocycles. The number of aliphatic hydroxyl groups is 1. The Bertz CT molecular complexity index is 416. The van der Waals surface area contributed by atoms with Crippen LogP contribution in [-0.2, 0) is 0 Å². The topological polar surface area (TPSA) is 20.2 Å². The van der Waals surface area contributed by atoms with E-state index in [0.29, 0.717) is 18.1 Å². The maximum Gasteiger partial charge on any atom is 0.134 e. The average molecular weight is 272 g/mol. The zero-order valence-corrected chi connectivity index (χ0v) is 11.0. The van der Waals surface area contributed by atoms with Crippen LogP contribution in [0.3, 0.4) is 0 Å². The fourth-order valence-electron chi connectivity index (χ4n) is 2.98. The zero-order chi connectivity index (χ0) is 14.0. The maximum atomic E-state index is 13.6. The first-order valence-corrected chi connectivity index (χ1v) is 6.85. The SMILES string of the molecule is CCC1CCC(C(O)c2c(F)cc(F)cc2F)CC1. The van der Waals surface area contributed by atoms with Crippen LogP contribution in [0, 0.1) is 29.3 Å². The number of hydrogen-bond donors (Lipinski definition) is 1. The van der Waals surface area contributed by atoms with Gasteiger partial charge in [-0.2, -0.15) is 0 Å². The fraction of sp³-hybridized carbons (Fsp3) is 0.600. The van der Waals surface area contributed by atoms with Crippen LogP contribution >= 0.6 is 0 Å². The fourth-order valence-corrected chi connectivity index (χ4v) is 2.98. The van der Waals surface area contributed by atoms with Crippen LogP contribution in [0.2, 0.25) is 0 Å². The number of rotatable bonds is 3. The highest BCUT2D eigenvalue weighted by Crippen LogP contribution is 2.39. The maximum absolute atomic E-state index is 13.6. The Morgan fingerprint density at radius 2 is 1.63 bits per heavy atom. The Kier molecular flexibility index (Phi) is 4.50. The number of aliphatic hydroxyl groups excluding tert-OH is 1. The summed E-state index contributed by atoms with van der Waals surface area (Å²) in [6.45, 7) is 2.13. The van der Waals surface area contributed by atoms with Gasteiger partial charge in [-0.1, -0.05) is 26.2 Å². The predicted molar refractivity (Wildman–Crippen MR) is 67.0 cm³/mol. The molecule has 0 radical (unpaired) electrons. The Labute approximate surface area is 111 Å². The van der Waals surface area contributed by atoms with Crippen molar-refractivity contribution in [2.45, 2.75) is 45.1 Å². The van der Waals surface area contributed by atoms with Crippen molar-refractivity contribution in [1.82, 2.24) is 0 Å². The number of hydrogen-bond acceptors (Lipinski definition) is 1. The first-order chi connectivity index (χ1) is 9.02. The predicted octanol–water partition coefficient (Wildman–Crippen LogP) is 4.35. The highest BCUT2D eigenvalue weighted by atomic mass is 19.1. The van der Waals surface area contributed by atoms with Crippen molar-refractivity contribution in [2.75, 3.05) is 0 Å². The van der Waals surface area contributed by atoms with Crippen molar-refractivity contribution in [3.05, 3.63) is 35.1 Å². The van der Waals surface area contributed by atoms with Crippen LogP contribution in [0.15, 0.2) is 12.1 Å². The van der Waals surface area contributed by atoms with E-state index in [4.69, 9.17) is 0 Å². The molecule has 1 atom stereocenters. The molecule has 0 heterocycles. The molecule has 0 aliphatic heterocycles. The minimum Gasteiger partial charge on any atom is -0.388 e. The van der Waals surface area contributed by atoms with Crippen molar-refractivity contribution >= 4 is 0 Å².